The summed E-state index contributed by atoms with van der Waals surface area (Å²) in [6, 6.07) is 7.62. The Bertz CT molecular complexity index is 915. The zero-order valence-electron chi connectivity index (χ0n) is 13.7. The third-order valence-corrected chi connectivity index (χ3v) is 5.83. The minimum Gasteiger partial charge on any atom is -0.495 e. The Hall–Kier alpha value is -1.51. The third-order valence-electron chi connectivity index (χ3n) is 3.37. The van der Waals surface area contributed by atoms with E-state index in [0.29, 0.717) is 5.75 Å². The Kier molecular flexibility index (Phi) is 6.76. The average Bonchev–Trinajstić information content (AvgIpc) is 2.57. The normalized spacial score (nSPS) is 12.5. The van der Waals surface area contributed by atoms with Crippen molar-refractivity contribution in [1.82, 2.24) is 4.72 Å². The molecule has 0 heterocycles. The van der Waals surface area contributed by atoms with Gasteiger partial charge in [0.15, 0.2) is 0 Å². The number of hydrogen-bond donors (Lipinski definition) is 2. The van der Waals surface area contributed by atoms with Gasteiger partial charge in [0.1, 0.15) is 5.75 Å². The number of nitrogens with one attached hydrogen (secondary N) is 2. The second-order valence-electron chi connectivity index (χ2n) is 5.23. The maximum atomic E-state index is 12.4. The molecule has 0 aromatic heterocycles. The summed E-state index contributed by atoms with van der Waals surface area (Å²) in [5.41, 5.74) is 0.208. The van der Waals surface area contributed by atoms with Crippen LogP contribution in [0, 0.1) is 0 Å². The summed E-state index contributed by atoms with van der Waals surface area (Å²) in [5.74, 6) is -0.284. The van der Waals surface area contributed by atoms with Gasteiger partial charge in [0, 0.05) is 0 Å². The van der Waals surface area contributed by atoms with Crippen LogP contribution in [0.5, 0.6) is 5.75 Å². The molecule has 2 aromatic carbocycles. The number of carbonyl (C=O) groups excluding carboxylic acids is 1. The summed E-state index contributed by atoms with van der Waals surface area (Å²) >= 11 is 17.9. The van der Waals surface area contributed by atoms with Crippen LogP contribution in [0.3, 0.4) is 0 Å². The molecule has 2 rings (SSSR count). The molecule has 2 aromatic rings. The number of carbonyl (C=O) groups is 1. The first kappa shape index (κ1) is 20.8. The Balaban J connectivity index is 2.16. The van der Waals surface area contributed by atoms with E-state index in [4.69, 9.17) is 39.5 Å². The molecule has 0 radical (unpaired) electrons. The van der Waals surface area contributed by atoms with Crippen molar-refractivity contribution in [2.45, 2.75) is 17.9 Å². The van der Waals surface area contributed by atoms with Gasteiger partial charge in [-0.1, -0.05) is 40.9 Å². The van der Waals surface area contributed by atoms with Crippen molar-refractivity contribution < 1.29 is 17.9 Å². The molecule has 1 atom stereocenters. The predicted molar refractivity (Wildman–Crippen MR) is 103 cm³/mol. The van der Waals surface area contributed by atoms with Crippen molar-refractivity contribution in [1.29, 1.82) is 0 Å². The van der Waals surface area contributed by atoms with E-state index in [-0.39, 0.29) is 25.7 Å². The van der Waals surface area contributed by atoms with Crippen molar-refractivity contribution in [3.05, 3.63) is 51.5 Å². The lowest BCUT2D eigenvalue weighted by atomic mass is 10.3. The topological polar surface area (TPSA) is 84.5 Å². The largest absolute Gasteiger partial charge is 0.495 e. The fourth-order valence-corrected chi connectivity index (χ4v) is 4.06. The second-order valence-corrected chi connectivity index (χ2v) is 8.16. The molecule has 140 valence electrons. The maximum Gasteiger partial charge on any atom is 0.242 e. The van der Waals surface area contributed by atoms with Crippen LogP contribution >= 0.6 is 34.8 Å². The second kappa shape index (κ2) is 8.45. The van der Waals surface area contributed by atoms with Crippen molar-refractivity contribution >= 4 is 56.4 Å². The zero-order chi connectivity index (χ0) is 19.5. The van der Waals surface area contributed by atoms with Crippen molar-refractivity contribution in [3.63, 3.8) is 0 Å². The van der Waals surface area contributed by atoms with Gasteiger partial charge in [0.05, 0.1) is 38.8 Å². The Morgan fingerprint density at radius 1 is 1.08 bits per heavy atom. The van der Waals surface area contributed by atoms with Gasteiger partial charge in [-0.2, -0.15) is 4.72 Å². The highest BCUT2D eigenvalue weighted by Gasteiger charge is 2.24. The summed E-state index contributed by atoms with van der Waals surface area (Å²) in [6.07, 6.45) is 0. The summed E-state index contributed by atoms with van der Waals surface area (Å²) in [7, 11) is -2.56. The quantitative estimate of drug-likeness (QED) is 0.716. The number of amides is 1. The van der Waals surface area contributed by atoms with E-state index < -0.39 is 22.0 Å². The molecular weight excluding hydrogens is 423 g/mol. The average molecular weight is 438 g/mol. The highest BCUT2D eigenvalue weighted by atomic mass is 35.5. The molecule has 0 saturated heterocycles. The summed E-state index contributed by atoms with van der Waals surface area (Å²) in [6.45, 7) is 1.39. The van der Waals surface area contributed by atoms with Crippen LogP contribution in [-0.2, 0) is 14.8 Å². The molecule has 0 bridgehead atoms. The number of para-hydroxylation sites is 1. The first-order valence-electron chi connectivity index (χ1n) is 7.26. The molecule has 0 aliphatic carbocycles. The van der Waals surface area contributed by atoms with Crippen LogP contribution in [-0.4, -0.2) is 27.5 Å². The van der Waals surface area contributed by atoms with Gasteiger partial charge in [0.2, 0.25) is 15.9 Å². The van der Waals surface area contributed by atoms with Gasteiger partial charge < -0.3 is 10.1 Å². The minimum absolute atomic E-state index is 0.0984. The van der Waals surface area contributed by atoms with Crippen LogP contribution in [0.1, 0.15) is 6.92 Å². The van der Waals surface area contributed by atoms with Crippen LogP contribution in [0.25, 0.3) is 0 Å². The molecule has 0 unspecified atom stereocenters. The smallest absolute Gasteiger partial charge is 0.242 e. The van der Waals surface area contributed by atoms with Crippen LogP contribution in [0.15, 0.2) is 41.3 Å². The molecule has 2 N–H and O–H groups in total. The number of rotatable bonds is 6. The van der Waals surface area contributed by atoms with E-state index in [0.717, 1.165) is 0 Å². The maximum absolute atomic E-state index is 12.4. The number of benzene rings is 2. The number of anilines is 1. The molecule has 0 aliphatic heterocycles. The van der Waals surface area contributed by atoms with Gasteiger partial charge in [-0.25, -0.2) is 8.42 Å². The van der Waals surface area contributed by atoms with Crippen LogP contribution in [0.2, 0.25) is 15.1 Å². The Morgan fingerprint density at radius 3 is 2.23 bits per heavy atom. The van der Waals surface area contributed by atoms with E-state index in [1.54, 1.807) is 18.2 Å². The van der Waals surface area contributed by atoms with Gasteiger partial charge >= 0.3 is 0 Å². The standard InChI is InChI=1S/C16H15Cl3N2O4S/c1-9(16(22)20-15-11(17)4-3-5-12(15)18)21-26(23,24)10-6-7-14(25-2)13(19)8-10/h3-9,21H,1-2H3,(H,20,22)/t9-/m1/s1. The number of methoxy groups -OCH3 is 1. The van der Waals surface area contributed by atoms with Gasteiger partial charge in [-0.3, -0.25) is 4.79 Å². The molecule has 10 heteroatoms. The molecule has 26 heavy (non-hydrogen) atoms. The Labute approximate surface area is 166 Å². The highest BCUT2D eigenvalue weighted by Crippen LogP contribution is 2.30. The van der Waals surface area contributed by atoms with E-state index in [1.807, 2.05) is 0 Å². The molecule has 0 spiro atoms. The number of sulfonamides is 1. The number of ether oxygens (including phenoxy) is 1. The Morgan fingerprint density at radius 2 is 1.69 bits per heavy atom. The third kappa shape index (κ3) is 4.81. The molecular formula is C16H15Cl3N2O4S. The highest BCUT2D eigenvalue weighted by molar-refractivity contribution is 7.89. The SMILES string of the molecule is COc1ccc(S(=O)(=O)N[C@H](C)C(=O)Nc2c(Cl)cccc2Cl)cc1Cl. The zero-order valence-corrected chi connectivity index (χ0v) is 16.8. The number of halogens is 3. The van der Waals surface area contributed by atoms with E-state index in [9.17, 15) is 13.2 Å². The van der Waals surface area contributed by atoms with E-state index >= 15 is 0 Å². The first-order valence-corrected chi connectivity index (χ1v) is 9.88. The molecule has 1 amide bonds. The predicted octanol–water partition coefficient (Wildman–Crippen LogP) is 3.96. The fraction of sp³-hybridized carbons (Fsp3) is 0.188. The lowest BCUT2D eigenvalue weighted by Crippen LogP contribution is -2.41. The molecule has 6 nitrogen and oxygen atoms in total. The molecule has 0 fully saturated rings. The van der Waals surface area contributed by atoms with Crippen LogP contribution < -0.4 is 14.8 Å². The minimum atomic E-state index is -3.98. The van der Waals surface area contributed by atoms with Gasteiger partial charge in [-0.05, 0) is 37.3 Å². The summed E-state index contributed by atoms with van der Waals surface area (Å²) in [4.78, 5) is 12.2. The number of hydrogen-bond acceptors (Lipinski definition) is 4. The van der Waals surface area contributed by atoms with Gasteiger partial charge in [-0.15, -0.1) is 0 Å². The monoisotopic (exact) mass is 436 g/mol. The summed E-state index contributed by atoms with van der Waals surface area (Å²) < 4.78 is 32.1. The van der Waals surface area contributed by atoms with Crippen molar-refractivity contribution in [2.24, 2.45) is 0 Å². The van der Waals surface area contributed by atoms with E-state index in [2.05, 4.69) is 10.0 Å². The first-order chi connectivity index (χ1) is 12.2. The van der Waals surface area contributed by atoms with Crippen molar-refractivity contribution in [3.8, 4) is 5.75 Å². The molecule has 0 saturated carbocycles. The lowest BCUT2D eigenvalue weighted by molar-refractivity contribution is -0.117. The lowest BCUT2D eigenvalue weighted by Gasteiger charge is -2.16. The summed E-state index contributed by atoms with van der Waals surface area (Å²) in [5, 5.41) is 3.12. The van der Waals surface area contributed by atoms with Gasteiger partial charge in [0.25, 0.3) is 0 Å². The fourth-order valence-electron chi connectivity index (χ4n) is 2.02. The molecule has 0 aliphatic rings. The van der Waals surface area contributed by atoms with E-state index in [1.165, 1.54) is 32.2 Å². The van der Waals surface area contributed by atoms with Crippen molar-refractivity contribution in [2.75, 3.05) is 12.4 Å². The van der Waals surface area contributed by atoms with Crippen LogP contribution in [0.4, 0.5) is 5.69 Å².